The van der Waals surface area contributed by atoms with Gasteiger partial charge in [0, 0.05) is 31.6 Å². The Bertz CT molecular complexity index is 535. The number of carbonyl (C=O) groups is 1. The summed E-state index contributed by atoms with van der Waals surface area (Å²) in [4.78, 5) is 24.6. The number of halogens is 2. The Hall–Kier alpha value is -1.07. The van der Waals surface area contributed by atoms with Gasteiger partial charge in [-0.05, 0) is 19.8 Å². The number of hydrogen-bond donors (Lipinski definition) is 0. The van der Waals surface area contributed by atoms with Gasteiger partial charge in [0.15, 0.2) is 5.15 Å². The lowest BCUT2D eigenvalue weighted by Crippen LogP contribution is -2.54. The van der Waals surface area contributed by atoms with Gasteiger partial charge in [-0.2, -0.15) is 4.98 Å². The van der Waals surface area contributed by atoms with E-state index in [0.717, 1.165) is 25.9 Å². The fourth-order valence-corrected chi connectivity index (χ4v) is 2.74. The molecule has 0 N–H and O–H groups in total. The largest absolute Gasteiger partial charge is 0.337 e. The molecule has 7 heteroatoms. The van der Waals surface area contributed by atoms with Crippen molar-refractivity contribution in [2.75, 3.05) is 24.5 Å². The Morgan fingerprint density at radius 1 is 1.35 bits per heavy atom. The van der Waals surface area contributed by atoms with Crippen molar-refractivity contribution in [3.63, 3.8) is 0 Å². The Morgan fingerprint density at radius 3 is 2.70 bits per heavy atom. The van der Waals surface area contributed by atoms with Crippen molar-refractivity contribution < 1.29 is 4.79 Å². The first-order chi connectivity index (χ1) is 9.56. The summed E-state index contributed by atoms with van der Waals surface area (Å²) in [6, 6.07) is 0.162. The molecule has 1 aliphatic heterocycles. The van der Waals surface area contributed by atoms with Crippen LogP contribution in [-0.4, -0.2) is 46.5 Å². The minimum atomic E-state index is 0.162. The molecule has 0 bridgehead atoms. The van der Waals surface area contributed by atoms with Gasteiger partial charge in [-0.15, -0.1) is 0 Å². The Kier molecular flexibility index (Phi) is 3.73. The van der Waals surface area contributed by atoms with Gasteiger partial charge in [0.2, 0.25) is 11.9 Å². The Balaban J connectivity index is 1.69. The van der Waals surface area contributed by atoms with Gasteiger partial charge in [0.25, 0.3) is 0 Å². The van der Waals surface area contributed by atoms with Crippen LogP contribution in [0.2, 0.25) is 10.2 Å². The van der Waals surface area contributed by atoms with Gasteiger partial charge >= 0.3 is 0 Å². The summed E-state index contributed by atoms with van der Waals surface area (Å²) < 4.78 is 0. The number of amides is 1. The molecule has 2 aliphatic rings. The molecule has 2 heterocycles. The topological polar surface area (TPSA) is 49.3 Å². The maximum atomic E-state index is 12.2. The molecule has 108 valence electrons. The lowest BCUT2D eigenvalue weighted by molar-refractivity contribution is -0.134. The van der Waals surface area contributed by atoms with Gasteiger partial charge in [-0.25, -0.2) is 4.98 Å². The summed E-state index contributed by atoms with van der Waals surface area (Å²) in [5.74, 6) is 1.14. The number of nitrogens with zero attached hydrogens (tertiary/aromatic N) is 4. The van der Waals surface area contributed by atoms with Crippen molar-refractivity contribution in [3.8, 4) is 0 Å². The van der Waals surface area contributed by atoms with Crippen LogP contribution in [-0.2, 0) is 4.79 Å². The van der Waals surface area contributed by atoms with E-state index >= 15 is 0 Å². The summed E-state index contributed by atoms with van der Waals surface area (Å²) in [5, 5.41) is 0.617. The highest BCUT2D eigenvalue weighted by Gasteiger charge is 2.37. The van der Waals surface area contributed by atoms with E-state index in [-0.39, 0.29) is 17.1 Å². The monoisotopic (exact) mass is 314 g/mol. The molecule has 0 unspecified atom stereocenters. The van der Waals surface area contributed by atoms with E-state index in [1.807, 2.05) is 9.80 Å². The minimum Gasteiger partial charge on any atom is -0.337 e. The second-order valence-corrected chi connectivity index (χ2v) is 6.17. The second kappa shape index (κ2) is 5.37. The summed E-state index contributed by atoms with van der Waals surface area (Å²) >= 11 is 11.8. The zero-order valence-corrected chi connectivity index (χ0v) is 12.7. The zero-order valence-electron chi connectivity index (χ0n) is 11.2. The van der Waals surface area contributed by atoms with E-state index < -0.39 is 0 Å². The zero-order chi connectivity index (χ0) is 14.3. The minimum absolute atomic E-state index is 0.162. The average Bonchev–Trinajstić information content (AvgIpc) is 3.25. The first-order valence-electron chi connectivity index (χ1n) is 6.79. The summed E-state index contributed by atoms with van der Waals surface area (Å²) in [6.45, 7) is 4.21. The molecular formula is C13H16Cl2N4O. The fraction of sp³-hybridized carbons (Fsp3) is 0.615. The van der Waals surface area contributed by atoms with Crippen LogP contribution in [0, 0.1) is 5.92 Å². The van der Waals surface area contributed by atoms with Crippen molar-refractivity contribution in [3.05, 3.63) is 16.4 Å². The molecule has 1 aromatic rings. The van der Waals surface area contributed by atoms with E-state index in [1.165, 1.54) is 6.20 Å². The predicted molar refractivity (Wildman–Crippen MR) is 78.2 cm³/mol. The average molecular weight is 315 g/mol. The summed E-state index contributed by atoms with van der Waals surface area (Å²) in [5.41, 5.74) is 0. The molecule has 20 heavy (non-hydrogen) atoms. The third kappa shape index (κ3) is 2.69. The number of aromatic nitrogens is 2. The number of rotatable bonds is 2. The smallest absolute Gasteiger partial charge is 0.226 e. The number of piperazine rings is 1. The van der Waals surface area contributed by atoms with Crippen LogP contribution in [0.3, 0.4) is 0 Å². The molecule has 0 radical (unpaired) electrons. The van der Waals surface area contributed by atoms with Crippen LogP contribution >= 0.6 is 23.2 Å². The lowest BCUT2D eigenvalue weighted by Gasteiger charge is -2.40. The van der Waals surface area contributed by atoms with Crippen molar-refractivity contribution in [1.82, 2.24) is 14.9 Å². The second-order valence-electron chi connectivity index (χ2n) is 5.41. The van der Waals surface area contributed by atoms with Crippen LogP contribution in [0.5, 0.6) is 0 Å². The van der Waals surface area contributed by atoms with Gasteiger partial charge < -0.3 is 9.80 Å². The molecule has 0 spiro atoms. The molecule has 1 amide bonds. The van der Waals surface area contributed by atoms with Crippen LogP contribution in [0.1, 0.15) is 19.8 Å². The molecule has 1 saturated heterocycles. The fourth-order valence-electron chi connectivity index (χ4n) is 2.52. The highest BCUT2D eigenvalue weighted by molar-refractivity contribution is 6.41. The molecule has 5 nitrogen and oxygen atoms in total. The van der Waals surface area contributed by atoms with Gasteiger partial charge in [-0.1, -0.05) is 23.2 Å². The standard InChI is InChI=1S/C13H16Cl2N4O/c1-8-7-18(13-16-6-10(14)11(15)17-13)4-5-19(8)12(20)9-2-3-9/h6,8-9H,2-5,7H2,1H3/t8-/m1/s1. The molecule has 1 saturated carbocycles. The maximum absolute atomic E-state index is 12.2. The quantitative estimate of drug-likeness (QED) is 0.785. The lowest BCUT2D eigenvalue weighted by atomic mass is 10.1. The van der Waals surface area contributed by atoms with Crippen LogP contribution in [0.25, 0.3) is 0 Å². The highest BCUT2D eigenvalue weighted by Crippen LogP contribution is 2.32. The van der Waals surface area contributed by atoms with Crippen molar-refractivity contribution in [1.29, 1.82) is 0 Å². The Morgan fingerprint density at radius 2 is 2.10 bits per heavy atom. The van der Waals surface area contributed by atoms with Crippen molar-refractivity contribution in [2.45, 2.75) is 25.8 Å². The van der Waals surface area contributed by atoms with Gasteiger partial charge in [0.1, 0.15) is 0 Å². The molecule has 3 rings (SSSR count). The third-order valence-corrected chi connectivity index (χ3v) is 4.47. The number of hydrogen-bond acceptors (Lipinski definition) is 4. The highest BCUT2D eigenvalue weighted by atomic mass is 35.5. The predicted octanol–water partition coefficient (Wildman–Crippen LogP) is 2.23. The molecule has 1 atom stereocenters. The SMILES string of the molecule is C[C@@H]1CN(c2ncc(Cl)c(Cl)n2)CCN1C(=O)C1CC1. The van der Waals surface area contributed by atoms with E-state index in [0.29, 0.717) is 23.4 Å². The molecule has 1 aliphatic carbocycles. The third-order valence-electron chi connectivity index (χ3n) is 3.81. The summed E-state index contributed by atoms with van der Waals surface area (Å²) in [6.07, 6.45) is 3.60. The normalized spacial score (nSPS) is 23.1. The molecule has 2 fully saturated rings. The summed E-state index contributed by atoms with van der Waals surface area (Å²) in [7, 11) is 0. The van der Waals surface area contributed by atoms with E-state index in [9.17, 15) is 4.79 Å². The molecule has 1 aromatic heterocycles. The van der Waals surface area contributed by atoms with E-state index in [2.05, 4.69) is 16.9 Å². The Labute approximate surface area is 127 Å². The van der Waals surface area contributed by atoms with Crippen molar-refractivity contribution >= 4 is 35.1 Å². The maximum Gasteiger partial charge on any atom is 0.226 e. The first-order valence-corrected chi connectivity index (χ1v) is 7.55. The number of carbonyl (C=O) groups excluding carboxylic acids is 1. The van der Waals surface area contributed by atoms with Crippen molar-refractivity contribution in [2.24, 2.45) is 5.92 Å². The van der Waals surface area contributed by atoms with E-state index in [4.69, 9.17) is 23.2 Å². The van der Waals surface area contributed by atoms with Crippen LogP contribution in [0.4, 0.5) is 5.95 Å². The van der Waals surface area contributed by atoms with Gasteiger partial charge in [-0.3, -0.25) is 4.79 Å². The van der Waals surface area contributed by atoms with E-state index in [1.54, 1.807) is 0 Å². The number of anilines is 1. The van der Waals surface area contributed by atoms with Crippen LogP contribution < -0.4 is 4.90 Å². The molecular weight excluding hydrogens is 299 g/mol. The van der Waals surface area contributed by atoms with Crippen LogP contribution in [0.15, 0.2) is 6.20 Å². The first kappa shape index (κ1) is 13.9. The van der Waals surface area contributed by atoms with Gasteiger partial charge in [0.05, 0.1) is 11.2 Å². The molecule has 0 aromatic carbocycles.